The minimum absolute atomic E-state index is 0.0281. The van der Waals surface area contributed by atoms with Crippen LogP contribution >= 0.6 is 0 Å². The van der Waals surface area contributed by atoms with E-state index in [0.717, 1.165) is 18.2 Å². The van der Waals surface area contributed by atoms with E-state index < -0.39 is 10.0 Å². The summed E-state index contributed by atoms with van der Waals surface area (Å²) in [6.45, 7) is 5.62. The molecule has 0 bridgehead atoms. The lowest BCUT2D eigenvalue weighted by Gasteiger charge is -2.25. The molecule has 0 radical (unpaired) electrons. The van der Waals surface area contributed by atoms with Gasteiger partial charge in [0.15, 0.2) is 0 Å². The van der Waals surface area contributed by atoms with Gasteiger partial charge in [-0.15, -0.1) is 0 Å². The van der Waals surface area contributed by atoms with Gasteiger partial charge >= 0.3 is 0 Å². The summed E-state index contributed by atoms with van der Waals surface area (Å²) in [6, 6.07) is 7.28. The fourth-order valence-corrected chi connectivity index (χ4v) is 2.87. The Bertz CT molecular complexity index is 584. The summed E-state index contributed by atoms with van der Waals surface area (Å²) in [4.78, 5) is 12.0. The third-order valence-corrected chi connectivity index (χ3v) is 4.47. The average Bonchev–Trinajstić information content (AvgIpc) is 2.43. The molecule has 0 aromatic heterocycles. The highest BCUT2D eigenvalue weighted by atomic mass is 32.2. The quantitative estimate of drug-likeness (QED) is 0.836. The van der Waals surface area contributed by atoms with Gasteiger partial charge in [-0.3, -0.25) is 9.10 Å². The van der Waals surface area contributed by atoms with Crippen LogP contribution in [0.2, 0.25) is 0 Å². The molecule has 1 aromatic carbocycles. The van der Waals surface area contributed by atoms with E-state index in [1.807, 2.05) is 32.9 Å². The van der Waals surface area contributed by atoms with Crippen LogP contribution in [0.5, 0.6) is 0 Å². The minimum atomic E-state index is -3.52. The number of para-hydroxylation sites is 1. The topological polar surface area (TPSA) is 66.5 Å². The fraction of sp³-hybridized carbons (Fsp3) is 0.533. The number of nitrogens with one attached hydrogen (secondary N) is 1. The number of anilines is 1. The smallest absolute Gasteiger partial charge is 0.240 e. The summed E-state index contributed by atoms with van der Waals surface area (Å²) in [7, 11) is -3.52. The number of hydrogen-bond acceptors (Lipinski definition) is 3. The Hall–Kier alpha value is -1.56. The van der Waals surface area contributed by atoms with Crippen LogP contribution in [0.1, 0.15) is 32.8 Å². The second-order valence-electron chi connectivity index (χ2n) is 5.13. The maximum Gasteiger partial charge on any atom is 0.240 e. The molecule has 0 saturated carbocycles. The van der Waals surface area contributed by atoms with Crippen molar-refractivity contribution in [2.24, 2.45) is 0 Å². The van der Waals surface area contributed by atoms with Crippen LogP contribution in [0, 0.1) is 0 Å². The zero-order chi connectivity index (χ0) is 16.0. The maximum atomic E-state index is 12.0. The second kappa shape index (κ2) is 7.45. The van der Waals surface area contributed by atoms with E-state index in [4.69, 9.17) is 0 Å². The molecule has 0 spiro atoms. The van der Waals surface area contributed by atoms with E-state index in [1.165, 1.54) is 4.31 Å². The SMILES string of the molecule is CCc1ccccc1N(CC(=O)N[C@H](C)CC)S(C)(=O)=O. The van der Waals surface area contributed by atoms with Crippen molar-refractivity contribution in [3.8, 4) is 0 Å². The van der Waals surface area contributed by atoms with Crippen LogP contribution in [0.4, 0.5) is 5.69 Å². The highest BCUT2D eigenvalue weighted by Gasteiger charge is 2.23. The van der Waals surface area contributed by atoms with E-state index >= 15 is 0 Å². The molecule has 1 rings (SSSR count). The van der Waals surface area contributed by atoms with Crippen LogP contribution < -0.4 is 9.62 Å². The van der Waals surface area contributed by atoms with Crippen molar-refractivity contribution in [2.45, 2.75) is 39.7 Å². The molecule has 118 valence electrons. The van der Waals surface area contributed by atoms with E-state index in [1.54, 1.807) is 12.1 Å². The number of amides is 1. The van der Waals surface area contributed by atoms with Gasteiger partial charge < -0.3 is 5.32 Å². The monoisotopic (exact) mass is 312 g/mol. The van der Waals surface area contributed by atoms with Gasteiger partial charge in [-0.2, -0.15) is 0 Å². The summed E-state index contributed by atoms with van der Waals surface area (Å²) in [5, 5.41) is 2.79. The fourth-order valence-electron chi connectivity index (χ4n) is 1.99. The van der Waals surface area contributed by atoms with Gasteiger partial charge in [0.1, 0.15) is 6.54 Å². The number of sulfonamides is 1. The lowest BCUT2D eigenvalue weighted by Crippen LogP contribution is -2.43. The van der Waals surface area contributed by atoms with Crippen molar-refractivity contribution in [1.29, 1.82) is 0 Å². The summed E-state index contributed by atoms with van der Waals surface area (Å²) in [5.74, 6) is -0.291. The third-order valence-electron chi connectivity index (χ3n) is 3.35. The van der Waals surface area contributed by atoms with Crippen molar-refractivity contribution in [3.05, 3.63) is 29.8 Å². The number of aryl methyl sites for hydroxylation is 1. The highest BCUT2D eigenvalue weighted by molar-refractivity contribution is 7.92. The third kappa shape index (κ3) is 5.04. The van der Waals surface area contributed by atoms with Gasteiger partial charge in [0.05, 0.1) is 11.9 Å². The molecule has 1 aromatic rings. The molecule has 0 saturated heterocycles. The number of benzene rings is 1. The predicted octanol–water partition coefficient (Wildman–Crippen LogP) is 1.93. The lowest BCUT2D eigenvalue weighted by molar-refractivity contribution is -0.120. The number of nitrogens with zero attached hydrogens (tertiary/aromatic N) is 1. The van der Waals surface area contributed by atoms with Crippen LogP contribution in [-0.4, -0.2) is 33.2 Å². The van der Waals surface area contributed by atoms with Crippen molar-refractivity contribution >= 4 is 21.6 Å². The maximum absolute atomic E-state index is 12.0. The molecular formula is C15H24N2O3S. The Kier molecular flexibility index (Phi) is 6.20. The van der Waals surface area contributed by atoms with Gasteiger partial charge in [0, 0.05) is 6.04 Å². The Balaban J connectivity index is 3.06. The zero-order valence-electron chi connectivity index (χ0n) is 13.1. The standard InChI is InChI=1S/C15H24N2O3S/c1-5-12(3)16-15(18)11-17(21(4,19)20)14-10-8-7-9-13(14)6-2/h7-10,12H,5-6,11H2,1-4H3,(H,16,18)/t12-/m1/s1. The molecule has 0 unspecified atom stereocenters. The Morgan fingerprint density at radius 3 is 2.43 bits per heavy atom. The molecule has 0 aliphatic rings. The molecule has 6 heteroatoms. The van der Waals surface area contributed by atoms with Gasteiger partial charge in [0.25, 0.3) is 0 Å². The lowest BCUT2D eigenvalue weighted by atomic mass is 10.1. The highest BCUT2D eigenvalue weighted by Crippen LogP contribution is 2.23. The molecule has 1 N–H and O–H groups in total. The Morgan fingerprint density at radius 2 is 1.90 bits per heavy atom. The van der Waals surface area contributed by atoms with E-state index in [-0.39, 0.29) is 18.5 Å². The molecule has 0 heterocycles. The van der Waals surface area contributed by atoms with Crippen LogP contribution in [0.25, 0.3) is 0 Å². The first-order valence-corrected chi connectivity index (χ1v) is 8.99. The van der Waals surface area contributed by atoms with Crippen LogP contribution in [0.15, 0.2) is 24.3 Å². The van der Waals surface area contributed by atoms with Gasteiger partial charge in [-0.1, -0.05) is 32.0 Å². The zero-order valence-corrected chi connectivity index (χ0v) is 13.9. The van der Waals surface area contributed by atoms with Crippen molar-refractivity contribution in [3.63, 3.8) is 0 Å². The predicted molar refractivity (Wildman–Crippen MR) is 85.9 cm³/mol. The molecule has 1 atom stereocenters. The minimum Gasteiger partial charge on any atom is -0.352 e. The molecule has 0 aliphatic carbocycles. The Morgan fingerprint density at radius 1 is 1.29 bits per heavy atom. The van der Waals surface area contributed by atoms with E-state index in [2.05, 4.69) is 5.32 Å². The molecule has 0 aliphatic heterocycles. The van der Waals surface area contributed by atoms with E-state index in [0.29, 0.717) is 12.1 Å². The summed E-state index contributed by atoms with van der Waals surface area (Å²) < 4.78 is 25.2. The summed E-state index contributed by atoms with van der Waals surface area (Å²) >= 11 is 0. The molecule has 21 heavy (non-hydrogen) atoms. The number of carbonyl (C=O) groups excluding carboxylic acids is 1. The molecular weight excluding hydrogens is 288 g/mol. The largest absolute Gasteiger partial charge is 0.352 e. The molecule has 1 amide bonds. The second-order valence-corrected chi connectivity index (χ2v) is 7.04. The van der Waals surface area contributed by atoms with E-state index in [9.17, 15) is 13.2 Å². The Labute approximate surface area is 127 Å². The normalized spacial score (nSPS) is 12.8. The number of hydrogen-bond donors (Lipinski definition) is 1. The number of carbonyl (C=O) groups is 1. The molecule has 0 fully saturated rings. The molecule has 5 nitrogen and oxygen atoms in total. The van der Waals surface area contributed by atoms with Crippen LogP contribution in [-0.2, 0) is 21.2 Å². The first-order chi connectivity index (χ1) is 9.79. The van der Waals surface area contributed by atoms with Crippen LogP contribution in [0.3, 0.4) is 0 Å². The van der Waals surface area contributed by atoms with Crippen molar-refractivity contribution in [1.82, 2.24) is 5.32 Å². The van der Waals surface area contributed by atoms with Gasteiger partial charge in [0.2, 0.25) is 15.9 Å². The van der Waals surface area contributed by atoms with Gasteiger partial charge in [-0.25, -0.2) is 8.42 Å². The van der Waals surface area contributed by atoms with Gasteiger partial charge in [-0.05, 0) is 31.4 Å². The average molecular weight is 312 g/mol. The first kappa shape index (κ1) is 17.5. The number of rotatable bonds is 7. The summed E-state index contributed by atoms with van der Waals surface area (Å²) in [6.07, 6.45) is 2.63. The summed E-state index contributed by atoms with van der Waals surface area (Å²) in [5.41, 5.74) is 1.47. The van der Waals surface area contributed by atoms with Crippen molar-refractivity contribution in [2.75, 3.05) is 17.1 Å². The first-order valence-electron chi connectivity index (χ1n) is 7.14. The van der Waals surface area contributed by atoms with Crippen molar-refractivity contribution < 1.29 is 13.2 Å².